The molecular weight excluding hydrogens is 394 g/mol. The van der Waals surface area contributed by atoms with E-state index in [1.54, 1.807) is 4.90 Å². The molecule has 0 heterocycles. The molecule has 1 aromatic rings. The fourth-order valence-corrected chi connectivity index (χ4v) is 3.42. The zero-order chi connectivity index (χ0) is 23.1. The summed E-state index contributed by atoms with van der Waals surface area (Å²) in [6, 6.07) is 7.74. The Morgan fingerprint density at radius 3 is 2.10 bits per heavy atom. The number of nitrogens with one attached hydrogen (secondary N) is 1. The predicted octanol–water partition coefficient (Wildman–Crippen LogP) is 3.12. The van der Waals surface area contributed by atoms with E-state index in [9.17, 15) is 14.4 Å². The molecule has 0 aromatic heterocycles. The van der Waals surface area contributed by atoms with Gasteiger partial charge < -0.3 is 21.1 Å². The molecule has 0 spiro atoms. The zero-order valence-corrected chi connectivity index (χ0v) is 19.0. The molecule has 0 saturated heterocycles. The van der Waals surface area contributed by atoms with Gasteiger partial charge in [-0.25, -0.2) is 0 Å². The van der Waals surface area contributed by atoms with Crippen LogP contribution in [0.5, 0.6) is 0 Å². The van der Waals surface area contributed by atoms with E-state index in [0.29, 0.717) is 19.5 Å². The van der Waals surface area contributed by atoms with Crippen molar-refractivity contribution in [2.24, 2.45) is 5.73 Å². The number of unbranched alkanes of at least 4 members (excludes halogenated alkanes) is 4. The van der Waals surface area contributed by atoms with Gasteiger partial charge >= 0.3 is 5.97 Å². The number of carboxylic acids is 1. The average Bonchev–Trinajstić information content (AvgIpc) is 2.75. The molecule has 7 heteroatoms. The van der Waals surface area contributed by atoms with Crippen molar-refractivity contribution < 1.29 is 19.5 Å². The first kappa shape index (κ1) is 26.6. The van der Waals surface area contributed by atoms with Crippen LogP contribution in [-0.4, -0.2) is 53.0 Å². The van der Waals surface area contributed by atoms with Gasteiger partial charge in [-0.2, -0.15) is 0 Å². The maximum Gasteiger partial charge on any atom is 0.303 e. The standard InChI is InChI=1S/C24H39N3O4/c1-3-5-10-16-27(17-11-6-4-2)24(31)21(14-15-22(28)29)26-23(30)20(25)18-19-12-8-7-9-13-19/h7-9,12-13,20-21H,3-6,10-11,14-18,25H2,1-2H3,(H,26,30)(H,28,29)/t20-,21-/m0/s1. The van der Waals surface area contributed by atoms with E-state index in [1.165, 1.54) is 0 Å². The summed E-state index contributed by atoms with van der Waals surface area (Å²) >= 11 is 0. The van der Waals surface area contributed by atoms with E-state index in [-0.39, 0.29) is 18.7 Å². The maximum absolute atomic E-state index is 13.2. The van der Waals surface area contributed by atoms with Crippen LogP contribution in [0.4, 0.5) is 0 Å². The van der Waals surface area contributed by atoms with Crippen LogP contribution in [0.25, 0.3) is 0 Å². The molecule has 0 fully saturated rings. The van der Waals surface area contributed by atoms with Crippen LogP contribution in [0.1, 0.15) is 70.8 Å². The topological polar surface area (TPSA) is 113 Å². The van der Waals surface area contributed by atoms with Gasteiger partial charge in [-0.1, -0.05) is 69.9 Å². The first-order chi connectivity index (χ1) is 14.9. The number of hydrogen-bond donors (Lipinski definition) is 3. The van der Waals surface area contributed by atoms with Crippen LogP contribution >= 0.6 is 0 Å². The summed E-state index contributed by atoms with van der Waals surface area (Å²) in [4.78, 5) is 38.8. The van der Waals surface area contributed by atoms with Gasteiger partial charge in [0.1, 0.15) is 6.04 Å². The van der Waals surface area contributed by atoms with Gasteiger partial charge in [0.15, 0.2) is 0 Å². The van der Waals surface area contributed by atoms with Crippen LogP contribution in [-0.2, 0) is 20.8 Å². The van der Waals surface area contributed by atoms with Crippen LogP contribution in [0.3, 0.4) is 0 Å². The van der Waals surface area contributed by atoms with Crippen molar-refractivity contribution in [3.63, 3.8) is 0 Å². The lowest BCUT2D eigenvalue weighted by Crippen LogP contribution is -2.53. The lowest BCUT2D eigenvalue weighted by atomic mass is 10.0. The van der Waals surface area contributed by atoms with E-state index < -0.39 is 24.0 Å². The van der Waals surface area contributed by atoms with Gasteiger partial charge in [-0.15, -0.1) is 0 Å². The fourth-order valence-electron chi connectivity index (χ4n) is 3.42. The van der Waals surface area contributed by atoms with Crippen LogP contribution < -0.4 is 11.1 Å². The highest BCUT2D eigenvalue weighted by Crippen LogP contribution is 2.10. The summed E-state index contributed by atoms with van der Waals surface area (Å²) < 4.78 is 0. The fraction of sp³-hybridized carbons (Fsp3) is 0.625. The molecule has 0 bridgehead atoms. The minimum atomic E-state index is -0.996. The Bertz CT molecular complexity index is 656. The van der Waals surface area contributed by atoms with Gasteiger partial charge in [0.25, 0.3) is 0 Å². The average molecular weight is 434 g/mol. The zero-order valence-electron chi connectivity index (χ0n) is 19.0. The Morgan fingerprint density at radius 2 is 1.58 bits per heavy atom. The lowest BCUT2D eigenvalue weighted by Gasteiger charge is -2.28. The number of rotatable bonds is 16. The minimum absolute atomic E-state index is 0.0516. The number of nitrogens with zero attached hydrogens (tertiary/aromatic N) is 1. The van der Waals surface area contributed by atoms with Crippen molar-refractivity contribution >= 4 is 17.8 Å². The molecule has 174 valence electrons. The highest BCUT2D eigenvalue weighted by molar-refractivity contribution is 5.90. The van der Waals surface area contributed by atoms with Crippen LogP contribution in [0.2, 0.25) is 0 Å². The number of carboxylic acid groups (broad SMARTS) is 1. The summed E-state index contributed by atoms with van der Waals surface area (Å²) in [7, 11) is 0. The normalized spacial score (nSPS) is 12.7. The Hall–Kier alpha value is -2.41. The number of amides is 2. The molecular formula is C24H39N3O4. The van der Waals surface area contributed by atoms with E-state index in [4.69, 9.17) is 10.8 Å². The third-order valence-electron chi connectivity index (χ3n) is 5.27. The third-order valence-corrected chi connectivity index (χ3v) is 5.27. The third kappa shape index (κ3) is 11.0. The van der Waals surface area contributed by atoms with E-state index in [2.05, 4.69) is 19.2 Å². The largest absolute Gasteiger partial charge is 0.481 e. The summed E-state index contributed by atoms with van der Waals surface area (Å²) in [5, 5.41) is 11.8. The van der Waals surface area contributed by atoms with E-state index in [1.807, 2.05) is 30.3 Å². The number of nitrogens with two attached hydrogens (primary N) is 1. The number of aliphatic carboxylic acids is 1. The molecule has 1 aromatic carbocycles. The van der Waals surface area contributed by atoms with Crippen molar-refractivity contribution in [2.45, 2.75) is 83.7 Å². The number of benzene rings is 1. The highest BCUT2D eigenvalue weighted by Gasteiger charge is 2.28. The first-order valence-electron chi connectivity index (χ1n) is 11.5. The van der Waals surface area contributed by atoms with Gasteiger partial charge in [0, 0.05) is 19.5 Å². The SMILES string of the molecule is CCCCCN(CCCCC)C(=O)[C@H](CCC(=O)O)NC(=O)[C@@H](N)Cc1ccccc1. The van der Waals surface area contributed by atoms with Crippen molar-refractivity contribution in [1.82, 2.24) is 10.2 Å². The van der Waals surface area contributed by atoms with Crippen molar-refractivity contribution in [3.8, 4) is 0 Å². The molecule has 0 radical (unpaired) electrons. The van der Waals surface area contributed by atoms with Crippen molar-refractivity contribution in [2.75, 3.05) is 13.1 Å². The summed E-state index contributed by atoms with van der Waals surface area (Å²) in [6.07, 6.45) is 6.12. The Labute approximate surface area is 186 Å². The smallest absolute Gasteiger partial charge is 0.303 e. The molecule has 4 N–H and O–H groups in total. The summed E-state index contributed by atoms with van der Waals surface area (Å²) in [6.45, 7) is 5.44. The molecule has 0 unspecified atom stereocenters. The molecule has 2 amide bonds. The van der Waals surface area contributed by atoms with E-state index >= 15 is 0 Å². The Kier molecular flexibility index (Phi) is 13.2. The molecule has 0 aliphatic carbocycles. The highest BCUT2D eigenvalue weighted by atomic mass is 16.4. The van der Waals surface area contributed by atoms with E-state index in [0.717, 1.165) is 44.1 Å². The number of hydrogen-bond acceptors (Lipinski definition) is 4. The maximum atomic E-state index is 13.2. The first-order valence-corrected chi connectivity index (χ1v) is 11.5. The van der Waals surface area contributed by atoms with Gasteiger partial charge in [-0.3, -0.25) is 14.4 Å². The Morgan fingerprint density at radius 1 is 1.00 bits per heavy atom. The second-order valence-electron chi connectivity index (χ2n) is 8.03. The molecule has 31 heavy (non-hydrogen) atoms. The molecule has 0 saturated carbocycles. The van der Waals surface area contributed by atoms with Crippen molar-refractivity contribution in [3.05, 3.63) is 35.9 Å². The molecule has 0 aliphatic rings. The summed E-state index contributed by atoms with van der Waals surface area (Å²) in [5.41, 5.74) is 7.00. The second-order valence-corrected chi connectivity index (χ2v) is 8.03. The summed E-state index contributed by atoms with van der Waals surface area (Å²) in [5.74, 6) is -1.65. The molecule has 7 nitrogen and oxygen atoms in total. The Balaban J connectivity index is 2.84. The van der Waals surface area contributed by atoms with Crippen molar-refractivity contribution in [1.29, 1.82) is 0 Å². The quantitative estimate of drug-likeness (QED) is 0.347. The van der Waals surface area contributed by atoms with Gasteiger partial charge in [0.05, 0.1) is 6.04 Å². The number of carbonyl (C=O) groups is 3. The lowest BCUT2D eigenvalue weighted by molar-refractivity contribution is -0.139. The van der Waals surface area contributed by atoms with Gasteiger partial charge in [-0.05, 0) is 31.2 Å². The molecule has 0 aliphatic heterocycles. The van der Waals surface area contributed by atoms with Crippen LogP contribution in [0.15, 0.2) is 30.3 Å². The number of carbonyl (C=O) groups excluding carboxylic acids is 2. The minimum Gasteiger partial charge on any atom is -0.481 e. The van der Waals surface area contributed by atoms with Gasteiger partial charge in [0.2, 0.25) is 11.8 Å². The molecule has 2 atom stereocenters. The van der Waals surface area contributed by atoms with Crippen LogP contribution in [0, 0.1) is 0 Å². The molecule has 1 rings (SSSR count). The monoisotopic (exact) mass is 433 g/mol. The predicted molar refractivity (Wildman–Crippen MR) is 123 cm³/mol. The second kappa shape index (κ2) is 15.4.